The zero-order chi connectivity index (χ0) is 24.9. The zero-order valence-corrected chi connectivity index (χ0v) is 21.1. The van der Waals surface area contributed by atoms with Crippen LogP contribution in [-0.4, -0.2) is 71.1 Å². The minimum atomic E-state index is -0.282. The first-order valence-corrected chi connectivity index (χ1v) is 13.3. The van der Waals surface area contributed by atoms with Crippen molar-refractivity contribution in [3.63, 3.8) is 0 Å². The minimum Gasteiger partial charge on any atom is -0.449 e. The second kappa shape index (κ2) is 11.4. The fourth-order valence-electron chi connectivity index (χ4n) is 5.39. The highest BCUT2D eigenvalue weighted by Crippen LogP contribution is 2.39. The van der Waals surface area contributed by atoms with Gasteiger partial charge in [-0.3, -0.25) is 4.79 Å². The number of carbonyl (C=O) groups is 1. The lowest BCUT2D eigenvalue weighted by Gasteiger charge is -2.33. The van der Waals surface area contributed by atoms with Gasteiger partial charge in [0.2, 0.25) is 0 Å². The number of benzene rings is 1. The molecule has 1 saturated heterocycles. The van der Waals surface area contributed by atoms with E-state index in [0.29, 0.717) is 24.1 Å². The maximum absolute atomic E-state index is 13.5. The van der Waals surface area contributed by atoms with Gasteiger partial charge in [0.05, 0.1) is 12.0 Å². The van der Waals surface area contributed by atoms with E-state index in [9.17, 15) is 9.18 Å². The summed E-state index contributed by atoms with van der Waals surface area (Å²) in [5.74, 6) is 0.423. The van der Waals surface area contributed by atoms with Crippen LogP contribution in [0.2, 0.25) is 0 Å². The molecule has 1 N–H and O–H groups in total. The van der Waals surface area contributed by atoms with Crippen LogP contribution >= 0.6 is 0 Å². The summed E-state index contributed by atoms with van der Waals surface area (Å²) in [6.45, 7) is 9.35. The molecule has 1 aromatic carbocycles. The van der Waals surface area contributed by atoms with E-state index >= 15 is 0 Å². The van der Waals surface area contributed by atoms with Gasteiger partial charge < -0.3 is 24.1 Å². The van der Waals surface area contributed by atoms with E-state index in [1.165, 1.54) is 25.0 Å². The van der Waals surface area contributed by atoms with Crippen LogP contribution in [0, 0.1) is 5.82 Å². The van der Waals surface area contributed by atoms with Crippen LogP contribution in [0.25, 0.3) is 22.7 Å². The van der Waals surface area contributed by atoms with Gasteiger partial charge in [0.1, 0.15) is 11.5 Å². The number of hydrogen-bond donors (Lipinski definition) is 1. The number of nitrogens with one attached hydrogen (secondary N) is 1. The SMILES string of the molecule is CCN1CCN(CCCNC(=O)c2ccc(-c3c(-c4ccc(F)cc4)ncn3C3CCCC3)o2)CC1. The number of imidazole rings is 1. The summed E-state index contributed by atoms with van der Waals surface area (Å²) in [6, 6.07) is 10.3. The molecule has 0 atom stereocenters. The third kappa shape index (κ3) is 5.55. The minimum absolute atomic E-state index is 0.202. The van der Waals surface area contributed by atoms with E-state index in [4.69, 9.17) is 4.42 Å². The van der Waals surface area contributed by atoms with Crippen LogP contribution in [-0.2, 0) is 0 Å². The van der Waals surface area contributed by atoms with Gasteiger partial charge in [-0.25, -0.2) is 9.37 Å². The molecule has 7 nitrogen and oxygen atoms in total. The Balaban J connectivity index is 1.25. The maximum atomic E-state index is 13.5. The standard InChI is InChI=1S/C28H36FN5O2/c1-2-32-16-18-33(19-17-32)15-5-14-30-28(35)25-13-12-24(36-25)27-26(21-8-10-22(29)11-9-21)31-20-34(27)23-6-3-4-7-23/h8-13,20,23H,2-7,14-19H2,1H3,(H,30,35). The molecule has 1 aliphatic carbocycles. The van der Waals surface area contributed by atoms with Gasteiger partial charge >= 0.3 is 0 Å². The lowest BCUT2D eigenvalue weighted by Crippen LogP contribution is -2.46. The van der Waals surface area contributed by atoms with Gasteiger partial charge in [-0.15, -0.1) is 0 Å². The van der Waals surface area contributed by atoms with Crippen molar-refractivity contribution in [2.75, 3.05) is 45.8 Å². The fourth-order valence-corrected chi connectivity index (χ4v) is 5.39. The van der Waals surface area contributed by atoms with E-state index in [1.807, 2.05) is 12.4 Å². The first kappa shape index (κ1) is 24.7. The summed E-state index contributed by atoms with van der Waals surface area (Å²) < 4.78 is 21.8. The Morgan fingerprint density at radius 3 is 2.50 bits per heavy atom. The van der Waals surface area contributed by atoms with Crippen LogP contribution in [0.4, 0.5) is 4.39 Å². The van der Waals surface area contributed by atoms with Crippen LogP contribution in [0.5, 0.6) is 0 Å². The maximum Gasteiger partial charge on any atom is 0.287 e. The van der Waals surface area contributed by atoms with Gasteiger partial charge in [-0.1, -0.05) is 19.8 Å². The predicted molar refractivity (Wildman–Crippen MR) is 138 cm³/mol. The Hall–Kier alpha value is -2.97. The lowest BCUT2D eigenvalue weighted by molar-refractivity contribution is 0.0921. The summed E-state index contributed by atoms with van der Waals surface area (Å²) in [5.41, 5.74) is 2.41. The van der Waals surface area contributed by atoms with Crippen molar-refractivity contribution in [3.8, 4) is 22.7 Å². The smallest absolute Gasteiger partial charge is 0.287 e. The summed E-state index contributed by atoms with van der Waals surface area (Å²) >= 11 is 0. The molecule has 1 amide bonds. The number of amides is 1. The summed E-state index contributed by atoms with van der Waals surface area (Å²) in [7, 11) is 0. The van der Waals surface area contributed by atoms with E-state index in [-0.39, 0.29) is 11.7 Å². The van der Waals surface area contributed by atoms with Gasteiger partial charge in [-0.2, -0.15) is 0 Å². The van der Waals surface area contributed by atoms with Gasteiger partial charge in [0.25, 0.3) is 5.91 Å². The summed E-state index contributed by atoms with van der Waals surface area (Å²) in [5, 5.41) is 3.01. The average molecular weight is 494 g/mol. The van der Waals surface area contributed by atoms with E-state index in [0.717, 1.165) is 75.5 Å². The zero-order valence-electron chi connectivity index (χ0n) is 21.1. The largest absolute Gasteiger partial charge is 0.449 e. The number of hydrogen-bond acceptors (Lipinski definition) is 5. The normalized spacial score (nSPS) is 17.6. The number of carbonyl (C=O) groups excluding carboxylic acids is 1. The van der Waals surface area contributed by atoms with Gasteiger partial charge in [-0.05, 0) is 68.8 Å². The molecule has 0 radical (unpaired) electrons. The average Bonchev–Trinajstić information content (AvgIpc) is 3.67. The molecule has 36 heavy (non-hydrogen) atoms. The van der Waals surface area contributed by atoms with Crippen molar-refractivity contribution in [2.24, 2.45) is 0 Å². The third-order valence-corrected chi connectivity index (χ3v) is 7.54. The molecule has 1 saturated carbocycles. The molecule has 3 heterocycles. The highest BCUT2D eigenvalue weighted by Gasteiger charge is 2.26. The summed E-state index contributed by atoms with van der Waals surface area (Å²) in [6.07, 6.45) is 7.32. The van der Waals surface area contributed by atoms with Crippen molar-refractivity contribution in [3.05, 3.63) is 54.3 Å². The number of aromatic nitrogens is 2. The second-order valence-electron chi connectivity index (χ2n) is 9.84. The molecule has 8 heteroatoms. The molecule has 5 rings (SSSR count). The third-order valence-electron chi connectivity index (χ3n) is 7.54. The van der Waals surface area contributed by atoms with Crippen molar-refractivity contribution >= 4 is 5.91 Å². The number of piperazine rings is 1. The van der Waals surface area contributed by atoms with Crippen molar-refractivity contribution in [2.45, 2.75) is 45.1 Å². The molecule has 2 aliphatic rings. The highest BCUT2D eigenvalue weighted by atomic mass is 19.1. The molecular formula is C28H36FN5O2. The van der Waals surface area contributed by atoms with Gasteiger partial charge in [0, 0.05) is 44.3 Å². The molecule has 192 valence electrons. The van der Waals surface area contributed by atoms with Crippen molar-refractivity contribution < 1.29 is 13.6 Å². The summed E-state index contributed by atoms with van der Waals surface area (Å²) in [4.78, 5) is 22.4. The van der Waals surface area contributed by atoms with Crippen molar-refractivity contribution in [1.82, 2.24) is 24.7 Å². The number of halogens is 1. The van der Waals surface area contributed by atoms with Crippen molar-refractivity contribution in [1.29, 1.82) is 0 Å². The number of furan rings is 1. The Kier molecular flexibility index (Phi) is 7.82. The predicted octanol–water partition coefficient (Wildman–Crippen LogP) is 4.82. The monoisotopic (exact) mass is 493 g/mol. The molecule has 2 fully saturated rings. The second-order valence-corrected chi connectivity index (χ2v) is 9.84. The first-order valence-electron chi connectivity index (χ1n) is 13.3. The fraction of sp³-hybridized carbons (Fsp3) is 0.500. The van der Waals surface area contributed by atoms with E-state index in [1.54, 1.807) is 18.2 Å². The molecule has 3 aromatic rings. The Labute approximate surface area is 212 Å². The topological polar surface area (TPSA) is 66.5 Å². The van der Waals surface area contributed by atoms with Crippen LogP contribution < -0.4 is 5.32 Å². The molecular weight excluding hydrogens is 457 g/mol. The highest BCUT2D eigenvalue weighted by molar-refractivity contribution is 5.92. The molecule has 0 spiro atoms. The Morgan fingerprint density at radius 1 is 1.06 bits per heavy atom. The number of likely N-dealkylation sites (N-methyl/N-ethyl adjacent to an activating group) is 1. The first-order chi connectivity index (χ1) is 17.6. The number of rotatable bonds is 9. The molecule has 2 aromatic heterocycles. The van der Waals surface area contributed by atoms with Crippen LogP contribution in [0.1, 0.15) is 55.6 Å². The van der Waals surface area contributed by atoms with Crippen LogP contribution in [0.3, 0.4) is 0 Å². The van der Waals surface area contributed by atoms with E-state index < -0.39 is 0 Å². The quantitative estimate of drug-likeness (QED) is 0.433. The van der Waals surface area contributed by atoms with E-state index in [2.05, 4.69) is 31.6 Å². The Morgan fingerprint density at radius 2 is 1.78 bits per heavy atom. The van der Waals surface area contributed by atoms with Gasteiger partial charge in [0.15, 0.2) is 11.5 Å². The molecule has 0 bridgehead atoms. The molecule has 0 unspecified atom stereocenters. The lowest BCUT2D eigenvalue weighted by atomic mass is 10.1. The Bertz CT molecular complexity index is 1140. The molecule has 1 aliphatic heterocycles. The van der Waals surface area contributed by atoms with Crippen LogP contribution in [0.15, 0.2) is 47.1 Å². The number of nitrogens with zero attached hydrogens (tertiary/aromatic N) is 4.